The van der Waals surface area contributed by atoms with Gasteiger partial charge < -0.3 is 25.3 Å². The zero-order valence-electron chi connectivity index (χ0n) is 14.3. The summed E-state index contributed by atoms with van der Waals surface area (Å²) >= 11 is 0. The molecule has 0 heterocycles. The molecule has 7 heteroatoms. The van der Waals surface area contributed by atoms with Crippen molar-refractivity contribution >= 4 is 29.9 Å². The lowest BCUT2D eigenvalue weighted by molar-refractivity contribution is 0.0777. The molecule has 0 aromatic heterocycles. The fourth-order valence-electron chi connectivity index (χ4n) is 1.82. The predicted molar refractivity (Wildman–Crippen MR) is 104 cm³/mol. The van der Waals surface area contributed by atoms with Crippen LogP contribution in [-0.4, -0.2) is 39.4 Å². The van der Waals surface area contributed by atoms with Gasteiger partial charge in [0.2, 0.25) is 0 Å². The number of nitrogens with two attached hydrogens (primary N) is 1. The minimum atomic E-state index is 0. The number of nitrogens with one attached hydrogen (secondary N) is 1. The summed E-state index contributed by atoms with van der Waals surface area (Å²) in [6, 6.07) is 5.69. The highest BCUT2D eigenvalue weighted by Crippen LogP contribution is 2.27. The molecule has 0 saturated carbocycles. The normalized spacial score (nSPS) is 11.1. The number of rotatable bonds is 9. The first-order valence-electron chi connectivity index (χ1n) is 7.43. The van der Waals surface area contributed by atoms with Crippen molar-refractivity contribution in [3.8, 4) is 11.5 Å². The summed E-state index contributed by atoms with van der Waals surface area (Å²) < 4.78 is 15.9. The Morgan fingerprint density at radius 3 is 2.52 bits per heavy atom. The first-order valence-corrected chi connectivity index (χ1v) is 7.43. The second-order valence-electron chi connectivity index (χ2n) is 5.09. The van der Waals surface area contributed by atoms with Gasteiger partial charge >= 0.3 is 0 Å². The van der Waals surface area contributed by atoms with E-state index in [4.69, 9.17) is 19.9 Å². The number of benzene rings is 1. The molecule has 6 nitrogen and oxygen atoms in total. The van der Waals surface area contributed by atoms with Crippen LogP contribution in [0.25, 0.3) is 0 Å². The number of ether oxygens (including phenoxy) is 3. The number of guanidine groups is 1. The molecule has 1 rings (SSSR count). The van der Waals surface area contributed by atoms with Gasteiger partial charge in [-0.2, -0.15) is 0 Å². The maximum absolute atomic E-state index is 5.83. The van der Waals surface area contributed by atoms with Crippen molar-refractivity contribution in [1.29, 1.82) is 0 Å². The average Bonchev–Trinajstić information content (AvgIpc) is 2.51. The summed E-state index contributed by atoms with van der Waals surface area (Å²) in [5, 5.41) is 3.07. The third-order valence-electron chi connectivity index (χ3n) is 2.96. The summed E-state index contributed by atoms with van der Waals surface area (Å²) in [6.07, 6.45) is 1.15. The fourth-order valence-corrected chi connectivity index (χ4v) is 1.82. The van der Waals surface area contributed by atoms with Crippen LogP contribution in [0.3, 0.4) is 0 Å². The van der Waals surface area contributed by atoms with Gasteiger partial charge in [0.15, 0.2) is 17.5 Å². The van der Waals surface area contributed by atoms with E-state index in [0.717, 1.165) is 18.5 Å². The van der Waals surface area contributed by atoms with Crippen molar-refractivity contribution in [3.63, 3.8) is 0 Å². The Kier molecular flexibility index (Phi) is 11.6. The SMILES string of the molecule is COc1ccc(CN=C(N)NCCCOC(C)C)cc1OC.I. The highest BCUT2D eigenvalue weighted by atomic mass is 127. The fraction of sp³-hybridized carbons (Fsp3) is 0.562. The minimum absolute atomic E-state index is 0. The third kappa shape index (κ3) is 8.85. The van der Waals surface area contributed by atoms with Crippen LogP contribution in [0.15, 0.2) is 23.2 Å². The van der Waals surface area contributed by atoms with Gasteiger partial charge in [0.05, 0.1) is 26.9 Å². The van der Waals surface area contributed by atoms with E-state index in [1.807, 2.05) is 32.0 Å². The lowest BCUT2D eigenvalue weighted by Gasteiger charge is -2.10. The first kappa shape index (κ1) is 21.8. The maximum atomic E-state index is 5.83. The second-order valence-corrected chi connectivity index (χ2v) is 5.09. The Morgan fingerprint density at radius 2 is 1.91 bits per heavy atom. The van der Waals surface area contributed by atoms with E-state index in [1.54, 1.807) is 14.2 Å². The zero-order valence-corrected chi connectivity index (χ0v) is 16.6. The lowest BCUT2D eigenvalue weighted by atomic mass is 10.2. The highest BCUT2D eigenvalue weighted by Gasteiger charge is 2.04. The van der Waals surface area contributed by atoms with Crippen LogP contribution in [0.5, 0.6) is 11.5 Å². The summed E-state index contributed by atoms with van der Waals surface area (Å²) in [4.78, 5) is 4.30. The number of aliphatic imine (C=N–C) groups is 1. The molecule has 132 valence electrons. The van der Waals surface area contributed by atoms with Crippen molar-refractivity contribution in [2.75, 3.05) is 27.4 Å². The molecule has 3 N–H and O–H groups in total. The number of nitrogens with zero attached hydrogens (tertiary/aromatic N) is 1. The molecule has 0 atom stereocenters. The van der Waals surface area contributed by atoms with Crippen molar-refractivity contribution in [2.24, 2.45) is 10.7 Å². The molecule has 0 unspecified atom stereocenters. The minimum Gasteiger partial charge on any atom is -0.493 e. The van der Waals surface area contributed by atoms with Gasteiger partial charge in [0, 0.05) is 13.2 Å². The number of methoxy groups -OCH3 is 2. The van der Waals surface area contributed by atoms with E-state index in [0.29, 0.717) is 30.6 Å². The summed E-state index contributed by atoms with van der Waals surface area (Å²) in [6.45, 7) is 5.99. The largest absolute Gasteiger partial charge is 0.493 e. The lowest BCUT2D eigenvalue weighted by Crippen LogP contribution is -2.33. The van der Waals surface area contributed by atoms with Gasteiger partial charge in [-0.25, -0.2) is 4.99 Å². The summed E-state index contributed by atoms with van der Waals surface area (Å²) in [5.74, 6) is 1.82. The van der Waals surface area contributed by atoms with E-state index in [-0.39, 0.29) is 30.1 Å². The smallest absolute Gasteiger partial charge is 0.188 e. The van der Waals surface area contributed by atoms with Gasteiger partial charge in [0.1, 0.15) is 0 Å². The van der Waals surface area contributed by atoms with Crippen LogP contribution in [0, 0.1) is 0 Å². The van der Waals surface area contributed by atoms with Crippen molar-refractivity contribution in [3.05, 3.63) is 23.8 Å². The Balaban J connectivity index is 0.00000484. The average molecular weight is 437 g/mol. The van der Waals surface area contributed by atoms with Crippen molar-refractivity contribution < 1.29 is 14.2 Å². The standard InChI is InChI=1S/C16H27N3O3.HI/c1-12(2)22-9-5-8-18-16(17)19-11-13-6-7-14(20-3)15(10-13)21-4;/h6-7,10,12H,5,8-9,11H2,1-4H3,(H3,17,18,19);1H. The van der Waals surface area contributed by atoms with Crippen LogP contribution >= 0.6 is 24.0 Å². The molecule has 23 heavy (non-hydrogen) atoms. The molecule has 0 fully saturated rings. The number of hydrogen-bond acceptors (Lipinski definition) is 4. The molecular formula is C16H28IN3O3. The number of hydrogen-bond donors (Lipinski definition) is 2. The van der Waals surface area contributed by atoms with E-state index >= 15 is 0 Å². The topological polar surface area (TPSA) is 78.1 Å². The molecule has 0 radical (unpaired) electrons. The molecule has 0 amide bonds. The monoisotopic (exact) mass is 437 g/mol. The van der Waals surface area contributed by atoms with Crippen LogP contribution in [-0.2, 0) is 11.3 Å². The van der Waals surface area contributed by atoms with Crippen LogP contribution in [0.1, 0.15) is 25.8 Å². The Bertz CT molecular complexity index is 482. The molecule has 1 aromatic carbocycles. The molecule has 0 aliphatic carbocycles. The number of halogens is 1. The predicted octanol–water partition coefficient (Wildman–Crippen LogP) is 2.54. The third-order valence-corrected chi connectivity index (χ3v) is 2.96. The van der Waals surface area contributed by atoms with Crippen molar-refractivity contribution in [1.82, 2.24) is 5.32 Å². The Morgan fingerprint density at radius 1 is 1.22 bits per heavy atom. The summed E-state index contributed by atoms with van der Waals surface area (Å²) in [5.41, 5.74) is 6.84. The van der Waals surface area contributed by atoms with Gasteiger partial charge in [-0.1, -0.05) is 6.07 Å². The Labute approximate surface area is 155 Å². The molecule has 0 spiro atoms. The van der Waals surface area contributed by atoms with E-state index in [1.165, 1.54) is 0 Å². The molecular weight excluding hydrogens is 409 g/mol. The Hall–Kier alpha value is -1.22. The van der Waals surface area contributed by atoms with Crippen LogP contribution in [0.4, 0.5) is 0 Å². The van der Waals surface area contributed by atoms with E-state index in [9.17, 15) is 0 Å². The summed E-state index contributed by atoms with van der Waals surface area (Å²) in [7, 11) is 3.22. The van der Waals surface area contributed by atoms with Gasteiger partial charge in [-0.15, -0.1) is 24.0 Å². The molecule has 0 aliphatic rings. The molecule has 0 saturated heterocycles. The van der Waals surface area contributed by atoms with E-state index in [2.05, 4.69) is 10.3 Å². The van der Waals surface area contributed by atoms with Crippen LogP contribution < -0.4 is 20.5 Å². The molecule has 0 aliphatic heterocycles. The van der Waals surface area contributed by atoms with Gasteiger partial charge in [-0.3, -0.25) is 0 Å². The first-order chi connectivity index (χ1) is 10.6. The second kappa shape index (κ2) is 12.2. The van der Waals surface area contributed by atoms with Gasteiger partial charge in [-0.05, 0) is 38.0 Å². The van der Waals surface area contributed by atoms with Crippen molar-refractivity contribution in [2.45, 2.75) is 32.9 Å². The maximum Gasteiger partial charge on any atom is 0.188 e. The van der Waals surface area contributed by atoms with Gasteiger partial charge in [0.25, 0.3) is 0 Å². The quantitative estimate of drug-likeness (QED) is 0.269. The molecule has 1 aromatic rings. The highest BCUT2D eigenvalue weighted by molar-refractivity contribution is 14.0. The molecule has 0 bridgehead atoms. The van der Waals surface area contributed by atoms with E-state index < -0.39 is 0 Å². The van der Waals surface area contributed by atoms with Crippen LogP contribution in [0.2, 0.25) is 0 Å². The zero-order chi connectivity index (χ0) is 16.4.